The molecule has 0 saturated carbocycles. The summed E-state index contributed by atoms with van der Waals surface area (Å²) >= 11 is 0. The van der Waals surface area contributed by atoms with Crippen molar-refractivity contribution in [3.8, 4) is 0 Å². The number of rotatable bonds is 12. The fourth-order valence-electron chi connectivity index (χ4n) is 4.47. The molecule has 38 heavy (non-hydrogen) atoms. The number of benzene rings is 3. The van der Waals surface area contributed by atoms with Gasteiger partial charge in [0.25, 0.3) is 0 Å². The third-order valence-electron chi connectivity index (χ3n) is 6.38. The van der Waals surface area contributed by atoms with E-state index in [1.165, 1.54) is 4.90 Å². The van der Waals surface area contributed by atoms with Crippen LogP contribution in [-0.2, 0) is 32.6 Å². The molecule has 2 amide bonds. The molecule has 0 fully saturated rings. The lowest BCUT2D eigenvalue weighted by Gasteiger charge is -2.34. The van der Waals surface area contributed by atoms with E-state index in [-0.39, 0.29) is 12.5 Å². The number of nitrogens with zero attached hydrogens (tertiary/aromatic N) is 2. The highest BCUT2D eigenvalue weighted by Gasteiger charge is 2.33. The molecule has 0 aromatic heterocycles. The summed E-state index contributed by atoms with van der Waals surface area (Å²) in [5, 5.41) is 2.94. The molecule has 8 heteroatoms. The van der Waals surface area contributed by atoms with Crippen molar-refractivity contribution in [1.29, 1.82) is 0 Å². The maximum absolute atomic E-state index is 14.1. The van der Waals surface area contributed by atoms with E-state index in [2.05, 4.69) is 5.32 Å². The van der Waals surface area contributed by atoms with E-state index in [1.807, 2.05) is 99.6 Å². The number of sulfonamides is 1. The molecule has 7 nitrogen and oxygen atoms in total. The average molecular weight is 536 g/mol. The van der Waals surface area contributed by atoms with Crippen LogP contribution in [0.3, 0.4) is 0 Å². The molecule has 1 atom stereocenters. The van der Waals surface area contributed by atoms with Gasteiger partial charge in [0.2, 0.25) is 21.8 Å². The number of para-hydroxylation sites is 1. The summed E-state index contributed by atoms with van der Waals surface area (Å²) in [6.45, 7) is 5.85. The quantitative estimate of drug-likeness (QED) is 0.376. The van der Waals surface area contributed by atoms with Gasteiger partial charge in [-0.1, -0.05) is 85.8 Å². The van der Waals surface area contributed by atoms with Crippen LogP contribution in [-0.4, -0.2) is 50.5 Å². The first-order chi connectivity index (χ1) is 18.1. The van der Waals surface area contributed by atoms with E-state index in [9.17, 15) is 18.0 Å². The fourth-order valence-corrected chi connectivity index (χ4v) is 5.44. The lowest BCUT2D eigenvalue weighted by Crippen LogP contribution is -2.53. The molecule has 1 N–H and O–H groups in total. The molecule has 0 aliphatic heterocycles. The van der Waals surface area contributed by atoms with Crippen molar-refractivity contribution in [2.24, 2.45) is 0 Å². The molecule has 0 heterocycles. The first-order valence-corrected chi connectivity index (χ1v) is 14.7. The molecule has 0 spiro atoms. The molecule has 0 saturated heterocycles. The summed E-state index contributed by atoms with van der Waals surface area (Å²) in [6, 6.07) is 23.6. The van der Waals surface area contributed by atoms with Crippen LogP contribution < -0.4 is 9.62 Å². The summed E-state index contributed by atoms with van der Waals surface area (Å²) in [5.74, 6) is -0.715. The molecular formula is C30H37N3O4S. The molecule has 3 aromatic rings. The van der Waals surface area contributed by atoms with E-state index >= 15 is 0 Å². The molecular weight excluding hydrogens is 498 g/mol. The Kier molecular flexibility index (Phi) is 10.1. The van der Waals surface area contributed by atoms with Gasteiger partial charge in [-0.05, 0) is 42.5 Å². The highest BCUT2D eigenvalue weighted by molar-refractivity contribution is 7.92. The van der Waals surface area contributed by atoms with Gasteiger partial charge in [-0.2, -0.15) is 0 Å². The maximum atomic E-state index is 14.1. The van der Waals surface area contributed by atoms with Crippen LogP contribution in [0.1, 0.15) is 35.6 Å². The van der Waals surface area contributed by atoms with E-state index in [4.69, 9.17) is 0 Å². The lowest BCUT2D eigenvalue weighted by atomic mass is 10.0. The topological polar surface area (TPSA) is 86.8 Å². The van der Waals surface area contributed by atoms with Crippen LogP contribution >= 0.6 is 0 Å². The van der Waals surface area contributed by atoms with Crippen molar-refractivity contribution >= 4 is 27.5 Å². The molecule has 0 radical (unpaired) electrons. The summed E-state index contributed by atoms with van der Waals surface area (Å²) < 4.78 is 27.1. The first-order valence-electron chi connectivity index (χ1n) is 12.8. The molecule has 0 aliphatic carbocycles. The Morgan fingerprint density at radius 2 is 1.39 bits per heavy atom. The molecule has 3 rings (SSSR count). The van der Waals surface area contributed by atoms with Gasteiger partial charge in [-0.15, -0.1) is 0 Å². The van der Waals surface area contributed by atoms with Crippen molar-refractivity contribution in [3.05, 3.63) is 101 Å². The van der Waals surface area contributed by atoms with Gasteiger partial charge in [0, 0.05) is 19.5 Å². The Labute approximate surface area is 226 Å². The molecule has 0 unspecified atom stereocenters. The molecule has 202 valence electrons. The standard InChI is InChI=1S/C30H37N3O4S/c1-5-19-31-30(35)27(20-25-15-8-6-9-16-25)32(21-26-17-10-7-11-18-26)28(34)22-33(38(4,36)37)29-23(2)13-12-14-24(29)3/h6-18,27H,5,19-22H2,1-4H3,(H,31,35)/t27-/m1/s1. The zero-order valence-electron chi connectivity index (χ0n) is 22.6. The smallest absolute Gasteiger partial charge is 0.244 e. The van der Waals surface area contributed by atoms with Crippen molar-refractivity contribution < 1.29 is 18.0 Å². The van der Waals surface area contributed by atoms with Crippen molar-refractivity contribution in [3.63, 3.8) is 0 Å². The molecule has 0 bridgehead atoms. The summed E-state index contributed by atoms with van der Waals surface area (Å²) in [7, 11) is -3.80. The van der Waals surface area contributed by atoms with Gasteiger partial charge in [0.1, 0.15) is 12.6 Å². The Morgan fingerprint density at radius 3 is 1.92 bits per heavy atom. The summed E-state index contributed by atoms with van der Waals surface area (Å²) in [6.07, 6.45) is 2.16. The molecule has 0 aliphatic rings. The monoisotopic (exact) mass is 535 g/mol. The predicted molar refractivity (Wildman–Crippen MR) is 152 cm³/mol. The molecule has 3 aromatic carbocycles. The number of carbonyl (C=O) groups is 2. The van der Waals surface area contributed by atoms with Gasteiger partial charge in [-0.25, -0.2) is 8.42 Å². The Balaban J connectivity index is 2.06. The third-order valence-corrected chi connectivity index (χ3v) is 7.50. The van der Waals surface area contributed by atoms with Gasteiger partial charge in [0.15, 0.2) is 0 Å². The number of carbonyl (C=O) groups excluding carboxylic acids is 2. The number of anilines is 1. The summed E-state index contributed by atoms with van der Waals surface area (Å²) in [5.41, 5.74) is 3.74. The maximum Gasteiger partial charge on any atom is 0.244 e. The predicted octanol–water partition coefficient (Wildman–Crippen LogP) is 4.24. The van der Waals surface area contributed by atoms with Crippen LogP contribution in [0.2, 0.25) is 0 Å². The van der Waals surface area contributed by atoms with E-state index in [0.717, 1.165) is 39.2 Å². The van der Waals surface area contributed by atoms with Crippen molar-refractivity contribution in [1.82, 2.24) is 10.2 Å². The number of amides is 2. The average Bonchev–Trinajstić information content (AvgIpc) is 2.89. The highest BCUT2D eigenvalue weighted by Crippen LogP contribution is 2.27. The van der Waals surface area contributed by atoms with Crippen molar-refractivity contribution in [2.75, 3.05) is 23.7 Å². The van der Waals surface area contributed by atoms with Crippen LogP contribution in [0.15, 0.2) is 78.9 Å². The SMILES string of the molecule is CCCNC(=O)[C@@H](Cc1ccccc1)N(Cc1ccccc1)C(=O)CN(c1c(C)cccc1C)S(C)(=O)=O. The van der Waals surface area contributed by atoms with Crippen LogP contribution in [0.5, 0.6) is 0 Å². The summed E-state index contributed by atoms with van der Waals surface area (Å²) in [4.78, 5) is 29.0. The van der Waals surface area contributed by atoms with Gasteiger partial charge >= 0.3 is 0 Å². The number of aryl methyl sites for hydroxylation is 2. The van der Waals surface area contributed by atoms with Crippen LogP contribution in [0, 0.1) is 13.8 Å². The number of nitrogens with one attached hydrogen (secondary N) is 1. The second kappa shape index (κ2) is 13.2. The van der Waals surface area contributed by atoms with Crippen LogP contribution in [0.25, 0.3) is 0 Å². The zero-order chi connectivity index (χ0) is 27.7. The van der Waals surface area contributed by atoms with Gasteiger partial charge in [-0.3, -0.25) is 13.9 Å². The Bertz CT molecular complexity index is 1310. The second-order valence-electron chi connectivity index (χ2n) is 9.51. The van der Waals surface area contributed by atoms with Gasteiger partial charge < -0.3 is 10.2 Å². The lowest BCUT2D eigenvalue weighted by molar-refractivity contribution is -0.140. The van der Waals surface area contributed by atoms with Crippen molar-refractivity contribution in [2.45, 2.75) is 46.2 Å². The number of hydrogen-bond donors (Lipinski definition) is 1. The van der Waals surface area contributed by atoms with E-state index in [0.29, 0.717) is 18.7 Å². The minimum atomic E-state index is -3.80. The van der Waals surface area contributed by atoms with E-state index < -0.39 is 28.5 Å². The zero-order valence-corrected chi connectivity index (χ0v) is 23.4. The van der Waals surface area contributed by atoms with E-state index in [1.54, 1.807) is 0 Å². The third kappa shape index (κ3) is 7.68. The highest BCUT2D eigenvalue weighted by atomic mass is 32.2. The fraction of sp³-hybridized carbons (Fsp3) is 0.333. The van der Waals surface area contributed by atoms with Gasteiger partial charge in [0.05, 0.1) is 11.9 Å². The minimum absolute atomic E-state index is 0.168. The largest absolute Gasteiger partial charge is 0.354 e. The Morgan fingerprint density at radius 1 is 0.842 bits per heavy atom. The normalized spacial score (nSPS) is 12.0. The van der Waals surface area contributed by atoms with Crippen LogP contribution in [0.4, 0.5) is 5.69 Å². The first kappa shape index (κ1) is 28.9. The Hall–Kier alpha value is -3.65. The number of hydrogen-bond acceptors (Lipinski definition) is 4. The second-order valence-corrected chi connectivity index (χ2v) is 11.4. The minimum Gasteiger partial charge on any atom is -0.354 e.